The van der Waals surface area contributed by atoms with Crippen LogP contribution in [0.5, 0.6) is 0 Å². The number of thiophene rings is 1. The molecule has 0 aliphatic carbocycles. The molecule has 2 aromatic heterocycles. The minimum atomic E-state index is -3.65. The zero-order valence-electron chi connectivity index (χ0n) is 11.3. The van der Waals surface area contributed by atoms with Gasteiger partial charge in [0.25, 0.3) is 10.0 Å². The first-order valence-electron chi connectivity index (χ1n) is 6.29. The number of nitrogens with one attached hydrogen (secondary N) is 2. The molecule has 21 heavy (non-hydrogen) atoms. The monoisotopic (exact) mass is 390 g/mol. The molecule has 6 nitrogen and oxygen atoms in total. The van der Waals surface area contributed by atoms with Gasteiger partial charge in [-0.15, -0.1) is 11.3 Å². The van der Waals surface area contributed by atoms with Crippen LogP contribution in [0.4, 0.5) is 5.69 Å². The second-order valence-corrected chi connectivity index (χ2v) is 8.37. The van der Waals surface area contributed by atoms with Crippen molar-refractivity contribution in [3.63, 3.8) is 0 Å². The first-order chi connectivity index (χ1) is 10.0. The molecular weight excluding hydrogens is 376 g/mol. The Kier molecular flexibility index (Phi) is 5.68. The average Bonchev–Trinajstić information content (AvgIpc) is 2.82. The van der Waals surface area contributed by atoms with E-state index < -0.39 is 10.0 Å². The van der Waals surface area contributed by atoms with Crippen molar-refractivity contribution in [3.8, 4) is 0 Å². The summed E-state index contributed by atoms with van der Waals surface area (Å²) in [7, 11) is -3.65. The van der Waals surface area contributed by atoms with Gasteiger partial charge in [-0.25, -0.2) is 18.4 Å². The highest BCUT2D eigenvalue weighted by molar-refractivity contribution is 9.11. The summed E-state index contributed by atoms with van der Waals surface area (Å²) in [4.78, 5) is 8.75. The lowest BCUT2D eigenvalue weighted by molar-refractivity contribution is 0.601. The topological polar surface area (TPSA) is 84.0 Å². The third-order valence-electron chi connectivity index (χ3n) is 2.53. The molecule has 0 fully saturated rings. The van der Waals surface area contributed by atoms with Crippen molar-refractivity contribution in [2.45, 2.75) is 24.8 Å². The molecule has 0 unspecified atom stereocenters. The van der Waals surface area contributed by atoms with E-state index in [4.69, 9.17) is 0 Å². The van der Waals surface area contributed by atoms with Gasteiger partial charge in [0, 0.05) is 11.4 Å². The third-order valence-corrected chi connectivity index (χ3v) is 6.17. The fraction of sp³-hybridized carbons (Fsp3) is 0.333. The zero-order valence-corrected chi connectivity index (χ0v) is 14.6. The average molecular weight is 391 g/mol. The Balaban J connectivity index is 2.16. The molecule has 2 rings (SSSR count). The van der Waals surface area contributed by atoms with Gasteiger partial charge in [-0.3, -0.25) is 4.72 Å². The summed E-state index contributed by atoms with van der Waals surface area (Å²) in [5, 5.41) is 3.25. The highest BCUT2D eigenvalue weighted by atomic mass is 79.9. The molecule has 0 saturated heterocycles. The van der Waals surface area contributed by atoms with Crippen molar-refractivity contribution in [2.24, 2.45) is 0 Å². The lowest BCUT2D eigenvalue weighted by Crippen LogP contribution is -2.14. The van der Waals surface area contributed by atoms with Crippen molar-refractivity contribution < 1.29 is 8.42 Å². The quantitative estimate of drug-likeness (QED) is 0.709. The van der Waals surface area contributed by atoms with Crippen molar-refractivity contribution in [1.29, 1.82) is 0 Å². The third kappa shape index (κ3) is 4.47. The zero-order chi connectivity index (χ0) is 15.3. The lowest BCUT2D eigenvalue weighted by atomic mass is 10.4. The summed E-state index contributed by atoms with van der Waals surface area (Å²) in [6, 6.07) is 1.67. The summed E-state index contributed by atoms with van der Waals surface area (Å²) < 4.78 is 27.8. The number of rotatable bonds is 7. The van der Waals surface area contributed by atoms with Crippen LogP contribution in [0.2, 0.25) is 0 Å². The van der Waals surface area contributed by atoms with E-state index in [0.717, 1.165) is 17.8 Å². The Bertz CT molecular complexity index is 689. The Labute approximate surface area is 136 Å². The molecular formula is C12H15BrN4O2S2. The van der Waals surface area contributed by atoms with E-state index in [0.29, 0.717) is 16.0 Å². The Morgan fingerprint density at radius 1 is 1.33 bits per heavy atom. The Hall–Kier alpha value is -1.03. The van der Waals surface area contributed by atoms with Crippen LogP contribution in [0.1, 0.15) is 18.2 Å². The molecule has 0 aromatic carbocycles. The number of nitrogens with zero attached hydrogens (tertiary/aromatic N) is 2. The number of anilines is 1. The molecule has 0 saturated carbocycles. The van der Waals surface area contributed by atoms with Gasteiger partial charge in [-0.2, -0.15) is 0 Å². The highest BCUT2D eigenvalue weighted by Crippen LogP contribution is 2.32. The van der Waals surface area contributed by atoms with Gasteiger partial charge in [0.15, 0.2) is 0 Å². The molecule has 0 aliphatic heterocycles. The summed E-state index contributed by atoms with van der Waals surface area (Å²) in [6.45, 7) is 3.64. The van der Waals surface area contributed by atoms with E-state index >= 15 is 0 Å². The molecule has 0 radical (unpaired) electrons. The van der Waals surface area contributed by atoms with Crippen LogP contribution in [0, 0.1) is 0 Å². The number of hydrogen-bond donors (Lipinski definition) is 2. The normalized spacial score (nSPS) is 11.5. The van der Waals surface area contributed by atoms with E-state index in [9.17, 15) is 8.42 Å². The Morgan fingerprint density at radius 2 is 2.05 bits per heavy atom. The first kappa shape index (κ1) is 16.3. The van der Waals surface area contributed by atoms with Crippen LogP contribution in [-0.2, 0) is 16.6 Å². The second kappa shape index (κ2) is 7.30. The van der Waals surface area contributed by atoms with Crippen LogP contribution in [-0.4, -0.2) is 24.9 Å². The van der Waals surface area contributed by atoms with E-state index in [1.165, 1.54) is 30.1 Å². The second-order valence-electron chi connectivity index (χ2n) is 4.26. The van der Waals surface area contributed by atoms with Crippen molar-refractivity contribution >= 4 is 43.0 Å². The highest BCUT2D eigenvalue weighted by Gasteiger charge is 2.21. The summed E-state index contributed by atoms with van der Waals surface area (Å²) in [5.41, 5.74) is 0.334. The number of sulfonamides is 1. The maximum absolute atomic E-state index is 12.4. The van der Waals surface area contributed by atoms with Crippen LogP contribution in [0.15, 0.2) is 33.5 Å². The molecule has 9 heteroatoms. The molecule has 0 spiro atoms. The first-order valence-corrected chi connectivity index (χ1v) is 9.39. The van der Waals surface area contributed by atoms with Gasteiger partial charge in [-0.1, -0.05) is 6.92 Å². The number of halogens is 1. The molecule has 2 heterocycles. The van der Waals surface area contributed by atoms with Crippen LogP contribution in [0.25, 0.3) is 0 Å². The van der Waals surface area contributed by atoms with Gasteiger partial charge in [0.2, 0.25) is 0 Å². The minimum absolute atomic E-state index is 0.227. The van der Waals surface area contributed by atoms with Crippen LogP contribution < -0.4 is 10.0 Å². The largest absolute Gasteiger partial charge is 0.312 e. The minimum Gasteiger partial charge on any atom is -0.312 e. The van der Waals surface area contributed by atoms with Gasteiger partial charge in [-0.05, 0) is 35.0 Å². The SMILES string of the molecule is CCCNCc1cc(S(=O)(=O)Nc2cncnc2)c(Br)s1. The standard InChI is InChI=1S/C12H15BrN4O2S2/c1-2-3-14-7-10-4-11(12(13)20-10)21(18,19)17-9-5-15-8-16-6-9/h4-6,8,14,17H,2-3,7H2,1H3. The van der Waals surface area contributed by atoms with Gasteiger partial charge in [0.1, 0.15) is 11.2 Å². The Morgan fingerprint density at radius 3 is 2.71 bits per heavy atom. The van der Waals surface area contributed by atoms with Gasteiger partial charge in [0.05, 0.1) is 21.9 Å². The predicted octanol–water partition coefficient (Wildman–Crippen LogP) is 2.60. The fourth-order valence-corrected chi connectivity index (χ4v) is 5.30. The molecule has 0 atom stereocenters. The van der Waals surface area contributed by atoms with Crippen molar-refractivity contribution in [3.05, 3.63) is 33.5 Å². The molecule has 2 aromatic rings. The molecule has 0 aliphatic rings. The summed E-state index contributed by atoms with van der Waals surface area (Å²) in [6.07, 6.45) is 5.20. The van der Waals surface area contributed by atoms with E-state index in [-0.39, 0.29) is 4.90 Å². The molecule has 114 valence electrons. The maximum Gasteiger partial charge on any atom is 0.263 e. The van der Waals surface area contributed by atoms with Crippen molar-refractivity contribution in [1.82, 2.24) is 15.3 Å². The molecule has 0 amide bonds. The molecule has 2 N–H and O–H groups in total. The van der Waals surface area contributed by atoms with Crippen LogP contribution in [0.3, 0.4) is 0 Å². The smallest absolute Gasteiger partial charge is 0.263 e. The van der Waals surface area contributed by atoms with Gasteiger partial charge >= 0.3 is 0 Å². The maximum atomic E-state index is 12.4. The van der Waals surface area contributed by atoms with Crippen LogP contribution >= 0.6 is 27.3 Å². The van der Waals surface area contributed by atoms with E-state index in [1.807, 2.05) is 0 Å². The van der Waals surface area contributed by atoms with Gasteiger partial charge < -0.3 is 5.32 Å². The number of aromatic nitrogens is 2. The van der Waals surface area contributed by atoms with Crippen molar-refractivity contribution in [2.75, 3.05) is 11.3 Å². The fourth-order valence-electron chi connectivity index (χ4n) is 1.62. The summed E-state index contributed by atoms with van der Waals surface area (Å²) in [5.74, 6) is 0. The lowest BCUT2D eigenvalue weighted by Gasteiger charge is -2.05. The predicted molar refractivity (Wildman–Crippen MR) is 86.9 cm³/mol. The number of hydrogen-bond acceptors (Lipinski definition) is 6. The van der Waals surface area contributed by atoms with E-state index in [2.05, 4.69) is 42.9 Å². The summed E-state index contributed by atoms with van der Waals surface area (Å²) >= 11 is 4.72. The van der Waals surface area contributed by atoms with E-state index in [1.54, 1.807) is 6.07 Å². The molecule has 0 bridgehead atoms.